The van der Waals surface area contributed by atoms with E-state index in [-0.39, 0.29) is 33.7 Å². The zero-order chi connectivity index (χ0) is 28.1. The van der Waals surface area contributed by atoms with E-state index in [1.54, 1.807) is 0 Å². The van der Waals surface area contributed by atoms with E-state index in [2.05, 4.69) is 55.0 Å². The first-order chi connectivity index (χ1) is 17.8. The van der Waals surface area contributed by atoms with Crippen molar-refractivity contribution in [3.63, 3.8) is 0 Å². The molecule has 0 aliphatic heterocycles. The Bertz CT molecular complexity index is 896. The lowest BCUT2D eigenvalue weighted by Crippen LogP contribution is -2.61. The summed E-state index contributed by atoms with van der Waals surface area (Å²) in [6.07, 6.45) is 8.51. The quantitative estimate of drug-likeness (QED) is 0.244. The molecule has 0 aromatic heterocycles. The van der Waals surface area contributed by atoms with E-state index in [4.69, 9.17) is 9.47 Å². The van der Waals surface area contributed by atoms with Crippen LogP contribution in [0, 0.1) is 57.2 Å². The van der Waals surface area contributed by atoms with E-state index >= 15 is 0 Å². The van der Waals surface area contributed by atoms with Crippen LogP contribution >= 0.6 is 0 Å². The van der Waals surface area contributed by atoms with Gasteiger partial charge >= 0.3 is 0 Å². The van der Waals surface area contributed by atoms with Crippen molar-refractivity contribution in [1.82, 2.24) is 0 Å². The predicted octanol–water partition coefficient (Wildman–Crippen LogP) is 6.97. The Morgan fingerprint density at radius 1 is 0.974 bits per heavy atom. The number of allylic oxidation sites excluding steroid dienone is 1. The number of aliphatic hydroxyl groups is 1. The summed E-state index contributed by atoms with van der Waals surface area (Å²) < 4.78 is 11.1. The molecule has 4 saturated carbocycles. The van der Waals surface area contributed by atoms with E-state index in [0.717, 1.165) is 32.1 Å². The maximum atomic E-state index is 11.6. The normalized spacial score (nSPS) is 44.3. The second-order valence-electron chi connectivity index (χ2n) is 15.1. The van der Waals surface area contributed by atoms with Crippen LogP contribution in [0.4, 0.5) is 0 Å². The number of carbonyl (C=O) groups excluding carboxylic acids is 2. The van der Waals surface area contributed by atoms with Gasteiger partial charge < -0.3 is 14.6 Å². The third-order valence-corrected chi connectivity index (χ3v) is 13.3. The summed E-state index contributed by atoms with van der Waals surface area (Å²) in [4.78, 5) is 22.6. The molecule has 0 saturated heterocycles. The molecule has 3 unspecified atom stereocenters. The van der Waals surface area contributed by atoms with Gasteiger partial charge in [-0.1, -0.05) is 60.6 Å². The molecule has 0 amide bonds. The number of hydrogen-bond donors (Lipinski definition) is 1. The van der Waals surface area contributed by atoms with Crippen LogP contribution in [0.3, 0.4) is 0 Å². The second-order valence-corrected chi connectivity index (χ2v) is 15.1. The number of ether oxygens (including phenoxy) is 2. The van der Waals surface area contributed by atoms with Crippen molar-refractivity contribution in [2.24, 2.45) is 57.2 Å². The highest BCUT2D eigenvalue weighted by atomic mass is 16.5. The molecule has 10 atom stereocenters. The standard InChI is InChI=1S/C33H54O5/c1-21(2)22(3)9-11-27(38-20-35)29-26(36)17-33(8)25-10-12-28-30(4,5)23(18-37-19-34)13-15-31(28,6)24(25)14-16-32(29,33)7/h19-21,23-29,36H,3,9-18H2,1-2,4-8H3/t23?,24?,25?,26-,27-,28+,29-,31-,32-,33+/m1/s1. The highest BCUT2D eigenvalue weighted by Crippen LogP contribution is 2.74. The number of hydrogen-bond acceptors (Lipinski definition) is 5. The molecule has 4 aliphatic carbocycles. The third kappa shape index (κ3) is 4.47. The average molecular weight is 531 g/mol. The van der Waals surface area contributed by atoms with Gasteiger partial charge in [-0.3, -0.25) is 9.59 Å². The fraction of sp³-hybridized carbons (Fsp3) is 0.879. The molecule has 0 aromatic carbocycles. The summed E-state index contributed by atoms with van der Waals surface area (Å²) >= 11 is 0. The summed E-state index contributed by atoms with van der Waals surface area (Å²) in [5, 5.41) is 11.6. The topological polar surface area (TPSA) is 72.8 Å². The van der Waals surface area contributed by atoms with Gasteiger partial charge in [0.15, 0.2) is 0 Å². The maximum absolute atomic E-state index is 11.6. The minimum Gasteiger partial charge on any atom is -0.468 e. The van der Waals surface area contributed by atoms with E-state index in [1.165, 1.54) is 31.3 Å². The lowest BCUT2D eigenvalue weighted by atomic mass is 9.37. The van der Waals surface area contributed by atoms with Crippen LogP contribution in [0.5, 0.6) is 0 Å². The van der Waals surface area contributed by atoms with Gasteiger partial charge in [0.05, 0.1) is 12.7 Å². The summed E-state index contributed by atoms with van der Waals surface area (Å²) in [7, 11) is 0. The number of fused-ring (bicyclic) bond motifs is 5. The second kappa shape index (κ2) is 10.6. The fourth-order valence-corrected chi connectivity index (χ4v) is 10.8. The molecule has 4 fully saturated rings. The van der Waals surface area contributed by atoms with Crippen molar-refractivity contribution in [2.75, 3.05) is 6.61 Å². The molecule has 216 valence electrons. The van der Waals surface area contributed by atoms with Crippen LogP contribution in [-0.4, -0.2) is 36.9 Å². The molecule has 4 rings (SSSR count). The summed E-state index contributed by atoms with van der Waals surface area (Å²) in [5.74, 6) is 2.56. The maximum Gasteiger partial charge on any atom is 0.293 e. The van der Waals surface area contributed by atoms with Crippen molar-refractivity contribution in [3.8, 4) is 0 Å². The van der Waals surface area contributed by atoms with E-state index in [9.17, 15) is 14.7 Å². The Morgan fingerprint density at radius 2 is 1.68 bits per heavy atom. The average Bonchev–Trinajstić information content (AvgIpc) is 3.05. The van der Waals surface area contributed by atoms with Gasteiger partial charge in [-0.05, 0) is 109 Å². The first-order valence-corrected chi connectivity index (χ1v) is 15.3. The predicted molar refractivity (Wildman–Crippen MR) is 150 cm³/mol. The van der Waals surface area contributed by atoms with Crippen molar-refractivity contribution in [2.45, 2.75) is 118 Å². The molecule has 5 nitrogen and oxygen atoms in total. The van der Waals surface area contributed by atoms with E-state index in [0.29, 0.717) is 49.1 Å². The molecule has 0 bridgehead atoms. The van der Waals surface area contributed by atoms with Crippen molar-refractivity contribution < 1.29 is 24.2 Å². The SMILES string of the molecule is C=C(CC[C@@H](OC=O)[C@H]1[C@H](O)C[C@@]2(C)C3CC[C@H]4C(C)(C)C(COC=O)CC[C@]4(C)C3CC[C@]12C)C(C)C. The van der Waals surface area contributed by atoms with Crippen LogP contribution in [0.15, 0.2) is 12.2 Å². The first kappa shape index (κ1) is 29.6. The van der Waals surface area contributed by atoms with Crippen LogP contribution in [0.1, 0.15) is 106 Å². The van der Waals surface area contributed by atoms with Gasteiger partial charge in [-0.2, -0.15) is 0 Å². The van der Waals surface area contributed by atoms with Crippen molar-refractivity contribution in [1.29, 1.82) is 0 Å². The lowest BCUT2D eigenvalue weighted by Gasteiger charge is -2.67. The minimum absolute atomic E-state index is 0.00908. The highest BCUT2D eigenvalue weighted by molar-refractivity contribution is 5.38. The highest BCUT2D eigenvalue weighted by Gasteiger charge is 2.70. The fourth-order valence-electron chi connectivity index (χ4n) is 10.8. The Kier molecular flexibility index (Phi) is 8.23. The molecule has 5 heteroatoms. The van der Waals surface area contributed by atoms with Gasteiger partial charge in [0.2, 0.25) is 0 Å². The monoisotopic (exact) mass is 530 g/mol. The molecule has 38 heavy (non-hydrogen) atoms. The third-order valence-electron chi connectivity index (χ3n) is 13.3. The minimum atomic E-state index is -0.459. The molecule has 0 spiro atoms. The molecule has 4 aliphatic rings. The first-order valence-electron chi connectivity index (χ1n) is 15.3. The van der Waals surface area contributed by atoms with Crippen LogP contribution in [-0.2, 0) is 19.1 Å². The van der Waals surface area contributed by atoms with Gasteiger partial charge in [-0.15, -0.1) is 0 Å². The van der Waals surface area contributed by atoms with Crippen LogP contribution in [0.25, 0.3) is 0 Å². The smallest absolute Gasteiger partial charge is 0.293 e. The summed E-state index contributed by atoms with van der Waals surface area (Å²) in [6.45, 7) is 22.5. The number of carbonyl (C=O) groups is 2. The molecule has 0 heterocycles. The van der Waals surface area contributed by atoms with Crippen molar-refractivity contribution in [3.05, 3.63) is 12.2 Å². The number of rotatable bonds is 10. The molecular formula is C33H54O5. The van der Waals surface area contributed by atoms with Gasteiger partial charge in [0.1, 0.15) is 6.10 Å². The largest absolute Gasteiger partial charge is 0.468 e. The lowest BCUT2D eigenvalue weighted by molar-refractivity contribution is -0.198. The summed E-state index contributed by atoms with van der Waals surface area (Å²) in [5.41, 5.74) is 1.49. The Labute approximate surface area is 231 Å². The Hall–Kier alpha value is -1.36. The van der Waals surface area contributed by atoms with Crippen LogP contribution in [0.2, 0.25) is 0 Å². The van der Waals surface area contributed by atoms with Gasteiger partial charge in [-0.25, -0.2) is 0 Å². The molecular weight excluding hydrogens is 476 g/mol. The zero-order valence-electron chi connectivity index (χ0n) is 25.1. The van der Waals surface area contributed by atoms with E-state index < -0.39 is 6.10 Å². The Balaban J connectivity index is 1.60. The molecule has 0 aromatic rings. The van der Waals surface area contributed by atoms with Gasteiger partial charge in [0, 0.05) is 5.92 Å². The number of aliphatic hydroxyl groups excluding tert-OH is 1. The zero-order valence-corrected chi connectivity index (χ0v) is 25.1. The molecule has 0 radical (unpaired) electrons. The summed E-state index contributed by atoms with van der Waals surface area (Å²) in [6, 6.07) is 0. The van der Waals surface area contributed by atoms with E-state index in [1.807, 2.05) is 0 Å². The van der Waals surface area contributed by atoms with Gasteiger partial charge in [0.25, 0.3) is 12.9 Å². The van der Waals surface area contributed by atoms with Crippen LogP contribution < -0.4 is 0 Å². The molecule has 1 N–H and O–H groups in total. The van der Waals surface area contributed by atoms with Crippen molar-refractivity contribution >= 4 is 12.9 Å². The Morgan fingerprint density at radius 3 is 2.32 bits per heavy atom.